The molecule has 2 fully saturated rings. The molecular weight excluding hydrogens is 403 g/mol. The van der Waals surface area contributed by atoms with Crippen LogP contribution < -0.4 is 15.5 Å². The third kappa shape index (κ3) is 4.05. The van der Waals surface area contributed by atoms with Gasteiger partial charge in [0.15, 0.2) is 0 Å². The van der Waals surface area contributed by atoms with Crippen molar-refractivity contribution in [3.8, 4) is 0 Å². The van der Waals surface area contributed by atoms with Crippen LogP contribution in [0.25, 0.3) is 0 Å². The summed E-state index contributed by atoms with van der Waals surface area (Å²) in [4.78, 5) is 39.9. The van der Waals surface area contributed by atoms with Gasteiger partial charge in [-0.25, -0.2) is 4.79 Å². The van der Waals surface area contributed by atoms with E-state index in [4.69, 9.17) is 23.2 Å². The standard InChI is InChI=1S/C19H24Cl2N4O3/c1-11-10-24(16(26)4-5-19(3)17(27)22-18(28)23-19)6-7-25(11)15-9-13(20)8-14(21)12(15)2/h8-9,11H,4-7,10H2,1-3H3,(H2,22,23,27,28)/t11-,19?/m0/s1. The highest BCUT2D eigenvalue weighted by Crippen LogP contribution is 2.33. The van der Waals surface area contributed by atoms with E-state index in [9.17, 15) is 14.4 Å². The minimum atomic E-state index is -1.03. The predicted octanol–water partition coefficient (Wildman–Crippen LogP) is 2.72. The second-order valence-corrected chi connectivity index (χ2v) is 8.50. The molecule has 7 nitrogen and oxygen atoms in total. The molecule has 2 atom stereocenters. The molecule has 0 spiro atoms. The van der Waals surface area contributed by atoms with E-state index in [1.54, 1.807) is 17.9 Å². The van der Waals surface area contributed by atoms with Crippen LogP contribution in [0, 0.1) is 6.92 Å². The lowest BCUT2D eigenvalue weighted by Crippen LogP contribution is -2.54. The molecule has 1 unspecified atom stereocenters. The minimum absolute atomic E-state index is 0.0254. The van der Waals surface area contributed by atoms with Crippen LogP contribution >= 0.6 is 23.2 Å². The Hall–Kier alpha value is -1.99. The van der Waals surface area contributed by atoms with Gasteiger partial charge in [-0.2, -0.15) is 0 Å². The molecule has 152 valence electrons. The molecule has 0 radical (unpaired) electrons. The van der Waals surface area contributed by atoms with Gasteiger partial charge in [-0.3, -0.25) is 14.9 Å². The van der Waals surface area contributed by atoms with Crippen molar-refractivity contribution in [2.24, 2.45) is 0 Å². The van der Waals surface area contributed by atoms with Crippen molar-refractivity contribution in [1.82, 2.24) is 15.5 Å². The number of halogens is 2. The van der Waals surface area contributed by atoms with Crippen LogP contribution in [0.2, 0.25) is 10.0 Å². The summed E-state index contributed by atoms with van der Waals surface area (Å²) in [5, 5.41) is 6.01. The van der Waals surface area contributed by atoms with Crippen molar-refractivity contribution < 1.29 is 14.4 Å². The zero-order valence-electron chi connectivity index (χ0n) is 16.1. The monoisotopic (exact) mass is 426 g/mol. The lowest BCUT2D eigenvalue weighted by molar-refractivity contribution is -0.132. The Balaban J connectivity index is 1.62. The molecule has 28 heavy (non-hydrogen) atoms. The molecule has 2 aliphatic rings. The number of hydrogen-bond donors (Lipinski definition) is 2. The first-order valence-electron chi connectivity index (χ1n) is 9.24. The van der Waals surface area contributed by atoms with Crippen LogP contribution in [0.1, 0.15) is 32.3 Å². The second-order valence-electron chi connectivity index (χ2n) is 7.65. The second kappa shape index (κ2) is 7.79. The Morgan fingerprint density at radius 2 is 2.00 bits per heavy atom. The van der Waals surface area contributed by atoms with Gasteiger partial charge in [-0.15, -0.1) is 0 Å². The molecular formula is C19H24Cl2N4O3. The van der Waals surface area contributed by atoms with Crippen LogP contribution in [-0.2, 0) is 9.59 Å². The molecule has 2 saturated heterocycles. The molecule has 1 aromatic rings. The van der Waals surface area contributed by atoms with Gasteiger partial charge in [0.05, 0.1) is 0 Å². The molecule has 4 amide bonds. The van der Waals surface area contributed by atoms with Crippen molar-refractivity contribution in [3.63, 3.8) is 0 Å². The van der Waals surface area contributed by atoms with Gasteiger partial charge in [-0.1, -0.05) is 23.2 Å². The number of nitrogens with zero attached hydrogens (tertiary/aromatic N) is 2. The van der Waals surface area contributed by atoms with Crippen LogP contribution in [0.5, 0.6) is 0 Å². The number of amides is 4. The Labute approximate surface area is 174 Å². The van der Waals surface area contributed by atoms with Crippen LogP contribution in [0.4, 0.5) is 10.5 Å². The average molecular weight is 427 g/mol. The smallest absolute Gasteiger partial charge is 0.322 e. The third-order valence-electron chi connectivity index (χ3n) is 5.53. The fourth-order valence-electron chi connectivity index (χ4n) is 3.74. The normalized spacial score (nSPS) is 25.0. The maximum Gasteiger partial charge on any atom is 0.322 e. The predicted molar refractivity (Wildman–Crippen MR) is 109 cm³/mol. The molecule has 0 saturated carbocycles. The average Bonchev–Trinajstić information content (AvgIpc) is 2.88. The topological polar surface area (TPSA) is 81.8 Å². The lowest BCUT2D eigenvalue weighted by Gasteiger charge is -2.42. The third-order valence-corrected chi connectivity index (χ3v) is 6.14. The summed E-state index contributed by atoms with van der Waals surface area (Å²) in [6, 6.07) is 3.21. The van der Waals surface area contributed by atoms with Crippen molar-refractivity contribution in [3.05, 3.63) is 27.7 Å². The van der Waals surface area contributed by atoms with Gasteiger partial charge in [0.2, 0.25) is 5.91 Å². The zero-order chi connectivity index (χ0) is 20.6. The highest BCUT2D eigenvalue weighted by molar-refractivity contribution is 6.35. The van der Waals surface area contributed by atoms with Crippen molar-refractivity contribution in [2.45, 2.75) is 45.2 Å². The molecule has 2 aliphatic heterocycles. The molecule has 0 aliphatic carbocycles. The summed E-state index contributed by atoms with van der Waals surface area (Å²) in [5.74, 6) is -0.417. The molecule has 1 aromatic carbocycles. The molecule has 3 rings (SSSR count). The number of carbonyl (C=O) groups excluding carboxylic acids is 3. The van der Waals surface area contributed by atoms with Crippen LogP contribution in [0.15, 0.2) is 12.1 Å². The molecule has 0 aromatic heterocycles. The number of imide groups is 1. The summed E-state index contributed by atoms with van der Waals surface area (Å²) in [5.41, 5.74) is 0.915. The first-order chi connectivity index (χ1) is 13.1. The molecule has 2 heterocycles. The van der Waals surface area contributed by atoms with Crippen LogP contribution in [-0.4, -0.2) is 54.0 Å². The quantitative estimate of drug-likeness (QED) is 0.725. The van der Waals surface area contributed by atoms with E-state index in [1.807, 2.05) is 13.0 Å². The Morgan fingerprint density at radius 3 is 2.61 bits per heavy atom. The van der Waals surface area contributed by atoms with Gasteiger partial charge < -0.3 is 15.1 Å². The van der Waals surface area contributed by atoms with E-state index >= 15 is 0 Å². The maximum atomic E-state index is 12.7. The first-order valence-corrected chi connectivity index (χ1v) is 10.00. The summed E-state index contributed by atoms with van der Waals surface area (Å²) >= 11 is 12.4. The van der Waals surface area contributed by atoms with Crippen LogP contribution in [0.3, 0.4) is 0 Å². The van der Waals surface area contributed by atoms with Gasteiger partial charge >= 0.3 is 6.03 Å². The zero-order valence-corrected chi connectivity index (χ0v) is 17.7. The van der Waals surface area contributed by atoms with E-state index in [0.717, 1.165) is 11.3 Å². The fraction of sp³-hybridized carbons (Fsp3) is 0.526. The summed E-state index contributed by atoms with van der Waals surface area (Å²) < 4.78 is 0. The largest absolute Gasteiger partial charge is 0.365 e. The number of nitrogens with one attached hydrogen (secondary N) is 2. The summed E-state index contributed by atoms with van der Waals surface area (Å²) in [6.07, 6.45) is 0.458. The maximum absolute atomic E-state index is 12.7. The van der Waals surface area contributed by atoms with Crippen molar-refractivity contribution in [1.29, 1.82) is 0 Å². The van der Waals surface area contributed by atoms with Crippen molar-refractivity contribution >= 4 is 46.7 Å². The number of rotatable bonds is 4. The number of benzene rings is 1. The van der Waals surface area contributed by atoms with E-state index in [1.165, 1.54) is 0 Å². The Bertz CT molecular complexity index is 832. The molecule has 2 N–H and O–H groups in total. The van der Waals surface area contributed by atoms with Gasteiger partial charge in [0.25, 0.3) is 5.91 Å². The van der Waals surface area contributed by atoms with E-state index in [-0.39, 0.29) is 24.8 Å². The number of anilines is 1. The summed E-state index contributed by atoms with van der Waals surface area (Å²) in [6.45, 7) is 7.45. The first kappa shape index (κ1) is 20.7. The Kier molecular flexibility index (Phi) is 5.77. The van der Waals surface area contributed by atoms with E-state index in [0.29, 0.717) is 29.7 Å². The van der Waals surface area contributed by atoms with E-state index in [2.05, 4.69) is 22.5 Å². The molecule has 0 bridgehead atoms. The SMILES string of the molecule is Cc1c(Cl)cc(Cl)cc1N1CCN(C(=O)CCC2(C)NC(=O)NC2=O)C[C@@H]1C. The number of piperazine rings is 1. The van der Waals surface area contributed by atoms with E-state index < -0.39 is 17.5 Å². The summed E-state index contributed by atoms with van der Waals surface area (Å²) in [7, 11) is 0. The van der Waals surface area contributed by atoms with Gasteiger partial charge in [-0.05, 0) is 44.9 Å². The number of urea groups is 1. The fourth-order valence-corrected chi connectivity index (χ4v) is 4.23. The minimum Gasteiger partial charge on any atom is -0.365 e. The highest BCUT2D eigenvalue weighted by Gasteiger charge is 2.42. The van der Waals surface area contributed by atoms with Gasteiger partial charge in [0.1, 0.15) is 5.54 Å². The number of carbonyl (C=O) groups is 3. The Morgan fingerprint density at radius 1 is 1.29 bits per heavy atom. The number of hydrogen-bond acceptors (Lipinski definition) is 4. The van der Waals surface area contributed by atoms with Crippen molar-refractivity contribution in [2.75, 3.05) is 24.5 Å². The van der Waals surface area contributed by atoms with Gasteiger partial charge in [0, 0.05) is 47.8 Å². The lowest BCUT2D eigenvalue weighted by atomic mass is 9.95. The molecule has 9 heteroatoms. The highest BCUT2D eigenvalue weighted by atomic mass is 35.5.